The zero-order chi connectivity index (χ0) is 13.8. The standard InChI is InChI=1S/C17H17NO.2H2/c1-3-13-9-12(2)15(10-13)8-7-14-5-4-6-16(11-14)17(18)19;;/h1,4-6,9-12H,7-8H2,2H3,(H2,18,19);2*1H. The van der Waals surface area contributed by atoms with Crippen LogP contribution in [0.1, 0.15) is 32.1 Å². The molecule has 2 nitrogen and oxygen atoms in total. The van der Waals surface area contributed by atoms with Crippen LogP contribution in [0.5, 0.6) is 0 Å². The van der Waals surface area contributed by atoms with E-state index in [-0.39, 0.29) is 8.76 Å². The molecule has 1 aromatic rings. The highest BCUT2D eigenvalue weighted by Gasteiger charge is 2.13. The normalized spacial score (nSPS) is 17.6. The summed E-state index contributed by atoms with van der Waals surface area (Å²) in [5.41, 5.74) is 9.28. The zero-order valence-corrected chi connectivity index (χ0v) is 11.0. The van der Waals surface area contributed by atoms with Crippen molar-refractivity contribution < 1.29 is 7.65 Å². The number of terminal acetylenes is 1. The largest absolute Gasteiger partial charge is 0.366 e. The number of primary amides is 1. The lowest BCUT2D eigenvalue weighted by Gasteiger charge is -2.08. The highest BCUT2D eigenvalue weighted by atomic mass is 16.1. The molecule has 1 unspecified atom stereocenters. The van der Waals surface area contributed by atoms with E-state index in [9.17, 15) is 4.79 Å². The summed E-state index contributed by atoms with van der Waals surface area (Å²) >= 11 is 0. The van der Waals surface area contributed by atoms with E-state index >= 15 is 0 Å². The Hall–Kier alpha value is -2.27. The molecule has 2 heteroatoms. The van der Waals surface area contributed by atoms with Gasteiger partial charge in [-0.25, -0.2) is 0 Å². The molecular weight excluding hydrogens is 234 g/mol. The Morgan fingerprint density at radius 2 is 2.26 bits per heavy atom. The summed E-state index contributed by atoms with van der Waals surface area (Å²) < 4.78 is 0. The fourth-order valence-corrected chi connectivity index (χ4v) is 2.31. The van der Waals surface area contributed by atoms with Crippen LogP contribution in [-0.2, 0) is 6.42 Å². The maximum Gasteiger partial charge on any atom is 0.248 e. The molecule has 19 heavy (non-hydrogen) atoms. The Kier molecular flexibility index (Phi) is 3.87. The number of amides is 1. The molecule has 0 aromatic heterocycles. The van der Waals surface area contributed by atoms with Gasteiger partial charge in [-0.05, 0) is 42.5 Å². The summed E-state index contributed by atoms with van der Waals surface area (Å²) in [5.74, 6) is 2.70. The van der Waals surface area contributed by atoms with E-state index in [1.165, 1.54) is 5.57 Å². The monoisotopic (exact) mass is 255 g/mol. The first-order chi connectivity index (χ1) is 9.10. The Balaban J connectivity index is 0.00000200. The van der Waals surface area contributed by atoms with Gasteiger partial charge < -0.3 is 5.73 Å². The Bertz CT molecular complexity index is 611. The number of aryl methyl sites for hydroxylation is 1. The molecule has 0 fully saturated rings. The smallest absolute Gasteiger partial charge is 0.248 e. The maximum atomic E-state index is 11.1. The van der Waals surface area contributed by atoms with Gasteiger partial charge in [0.05, 0.1) is 0 Å². The van der Waals surface area contributed by atoms with Gasteiger partial charge in [-0.1, -0.05) is 36.6 Å². The van der Waals surface area contributed by atoms with Crippen molar-refractivity contribution in [1.82, 2.24) is 0 Å². The van der Waals surface area contributed by atoms with Gasteiger partial charge in [0.2, 0.25) is 5.91 Å². The topological polar surface area (TPSA) is 43.1 Å². The highest BCUT2D eigenvalue weighted by Crippen LogP contribution is 2.27. The molecule has 0 spiro atoms. The van der Waals surface area contributed by atoms with Gasteiger partial charge in [-0.2, -0.15) is 0 Å². The van der Waals surface area contributed by atoms with Crippen molar-refractivity contribution >= 4 is 5.91 Å². The van der Waals surface area contributed by atoms with Crippen LogP contribution in [-0.4, -0.2) is 5.91 Å². The molecular formula is C17H21NO. The van der Waals surface area contributed by atoms with Crippen molar-refractivity contribution in [1.29, 1.82) is 0 Å². The minimum atomic E-state index is -0.383. The van der Waals surface area contributed by atoms with Crippen LogP contribution in [0.25, 0.3) is 0 Å². The van der Waals surface area contributed by atoms with Gasteiger partial charge in [-0.15, -0.1) is 6.42 Å². The summed E-state index contributed by atoms with van der Waals surface area (Å²) in [7, 11) is 0. The summed E-state index contributed by atoms with van der Waals surface area (Å²) in [6.45, 7) is 2.15. The SMILES string of the molecule is C#CC1=CC(C)C(CCc2cccc(C(N)=O)c2)=C1.[HH].[HH]. The predicted octanol–water partition coefficient (Wildman–Crippen LogP) is 3.35. The predicted molar refractivity (Wildman–Crippen MR) is 81.7 cm³/mol. The molecule has 1 aromatic carbocycles. The van der Waals surface area contributed by atoms with Gasteiger partial charge in [0.25, 0.3) is 0 Å². The van der Waals surface area contributed by atoms with Crippen LogP contribution in [0, 0.1) is 18.3 Å². The van der Waals surface area contributed by atoms with Gasteiger partial charge in [0.1, 0.15) is 0 Å². The lowest BCUT2D eigenvalue weighted by atomic mass is 9.97. The van der Waals surface area contributed by atoms with Crippen LogP contribution < -0.4 is 5.73 Å². The van der Waals surface area contributed by atoms with Crippen LogP contribution in [0.3, 0.4) is 0 Å². The minimum Gasteiger partial charge on any atom is -0.366 e. The Morgan fingerprint density at radius 3 is 2.89 bits per heavy atom. The lowest BCUT2D eigenvalue weighted by molar-refractivity contribution is 0.1000. The number of hydrogen-bond acceptors (Lipinski definition) is 1. The molecule has 0 saturated carbocycles. The number of rotatable bonds is 4. The summed E-state index contributed by atoms with van der Waals surface area (Å²) in [5, 5.41) is 0. The minimum absolute atomic E-state index is 0. The Labute approximate surface area is 117 Å². The van der Waals surface area contributed by atoms with Crippen molar-refractivity contribution in [3.05, 3.63) is 58.7 Å². The fourth-order valence-electron chi connectivity index (χ4n) is 2.31. The van der Waals surface area contributed by atoms with E-state index < -0.39 is 0 Å². The number of nitrogens with two attached hydrogens (primary N) is 1. The maximum absolute atomic E-state index is 11.1. The van der Waals surface area contributed by atoms with E-state index in [0.29, 0.717) is 11.5 Å². The third kappa shape index (κ3) is 3.14. The second-order valence-corrected chi connectivity index (χ2v) is 4.84. The van der Waals surface area contributed by atoms with Crippen LogP contribution >= 0.6 is 0 Å². The first kappa shape index (κ1) is 13.2. The molecule has 100 valence electrons. The third-order valence-corrected chi connectivity index (χ3v) is 3.44. The average Bonchev–Trinajstić information content (AvgIpc) is 2.77. The molecule has 2 N–H and O–H groups in total. The van der Waals surface area contributed by atoms with Crippen LogP contribution in [0.2, 0.25) is 0 Å². The third-order valence-electron chi connectivity index (χ3n) is 3.44. The van der Waals surface area contributed by atoms with Gasteiger partial charge >= 0.3 is 0 Å². The lowest BCUT2D eigenvalue weighted by Crippen LogP contribution is -2.11. The molecule has 0 aliphatic heterocycles. The van der Waals surface area contributed by atoms with Gasteiger partial charge in [0, 0.05) is 14.0 Å². The van der Waals surface area contributed by atoms with E-state index in [0.717, 1.165) is 24.0 Å². The number of allylic oxidation sites excluding steroid dienone is 4. The summed E-state index contributed by atoms with van der Waals surface area (Å²) in [6, 6.07) is 7.48. The van der Waals surface area contributed by atoms with E-state index in [2.05, 4.69) is 25.0 Å². The molecule has 0 radical (unpaired) electrons. The molecule has 1 aliphatic carbocycles. The molecule has 1 atom stereocenters. The van der Waals surface area contributed by atoms with Crippen LogP contribution in [0.4, 0.5) is 0 Å². The van der Waals surface area contributed by atoms with Gasteiger partial charge in [0.15, 0.2) is 0 Å². The van der Waals surface area contributed by atoms with Gasteiger partial charge in [-0.3, -0.25) is 4.79 Å². The molecule has 0 saturated heterocycles. The average molecular weight is 255 g/mol. The molecule has 0 heterocycles. The zero-order valence-electron chi connectivity index (χ0n) is 11.0. The van der Waals surface area contributed by atoms with Crippen molar-refractivity contribution in [2.75, 3.05) is 0 Å². The first-order valence-corrected chi connectivity index (χ1v) is 6.38. The summed E-state index contributed by atoms with van der Waals surface area (Å²) in [6.07, 6.45) is 11.4. The van der Waals surface area contributed by atoms with Crippen molar-refractivity contribution in [2.45, 2.75) is 19.8 Å². The molecule has 2 rings (SSSR count). The van der Waals surface area contributed by atoms with E-state index in [1.54, 1.807) is 6.07 Å². The number of carbonyl (C=O) groups excluding carboxylic acids is 1. The van der Waals surface area contributed by atoms with Crippen molar-refractivity contribution in [2.24, 2.45) is 11.7 Å². The first-order valence-electron chi connectivity index (χ1n) is 6.38. The van der Waals surface area contributed by atoms with Crippen LogP contribution in [0.15, 0.2) is 47.6 Å². The molecule has 1 aliphatic rings. The Morgan fingerprint density at radius 1 is 1.47 bits per heavy atom. The number of benzene rings is 1. The molecule has 0 bridgehead atoms. The second-order valence-electron chi connectivity index (χ2n) is 4.84. The van der Waals surface area contributed by atoms with E-state index in [4.69, 9.17) is 12.2 Å². The number of hydrogen-bond donors (Lipinski definition) is 1. The number of carbonyl (C=O) groups is 1. The quantitative estimate of drug-likeness (QED) is 0.824. The molecule has 1 amide bonds. The fraction of sp³-hybridized carbons (Fsp3) is 0.235. The van der Waals surface area contributed by atoms with Crippen molar-refractivity contribution in [3.8, 4) is 12.3 Å². The van der Waals surface area contributed by atoms with E-state index in [1.807, 2.05) is 18.2 Å². The second kappa shape index (κ2) is 5.58. The highest BCUT2D eigenvalue weighted by molar-refractivity contribution is 5.92. The van der Waals surface area contributed by atoms with Crippen molar-refractivity contribution in [3.63, 3.8) is 0 Å². The summed E-state index contributed by atoms with van der Waals surface area (Å²) in [4.78, 5) is 11.1.